The van der Waals surface area contributed by atoms with Crippen LogP contribution in [0.25, 0.3) is 5.57 Å². The average molecular weight is 519 g/mol. The van der Waals surface area contributed by atoms with Gasteiger partial charge in [-0.15, -0.1) is 0 Å². The number of halogens is 4. The molecule has 2 aromatic rings. The predicted molar refractivity (Wildman–Crippen MR) is 135 cm³/mol. The minimum Gasteiger partial charge on any atom is -0.489 e. The second kappa shape index (κ2) is 10.8. The fourth-order valence-electron chi connectivity index (χ4n) is 5.82. The normalized spacial score (nSPS) is 22.7. The summed E-state index contributed by atoms with van der Waals surface area (Å²) in [6, 6.07) is 9.70. The summed E-state index contributed by atoms with van der Waals surface area (Å²) in [5, 5.41) is 0. The van der Waals surface area contributed by atoms with Gasteiger partial charge in [-0.05, 0) is 67.6 Å². The standard InChI is InChI=1S/C29H34F4N2O2/c1-19-14-22-21-7-4-3-6-20(21)15-23(22)28(35(19)16-29(33)17-36-18-29)26-24(31)8-9-25(27(26)32)37-13-12-34(2)11-5-10-30/h3-4,6-9,19,28H,5,10-18H2,1-2H3/t19-,28+/m1/s1. The number of ether oxygens (including phenoxy) is 2. The number of benzene rings is 2. The van der Waals surface area contributed by atoms with Crippen molar-refractivity contribution in [3.05, 3.63) is 70.3 Å². The van der Waals surface area contributed by atoms with Crippen molar-refractivity contribution in [2.75, 3.05) is 53.2 Å². The van der Waals surface area contributed by atoms with Gasteiger partial charge in [-0.1, -0.05) is 24.3 Å². The molecule has 0 amide bonds. The molecule has 0 radical (unpaired) electrons. The Hall–Kier alpha value is -2.42. The Labute approximate surface area is 215 Å². The summed E-state index contributed by atoms with van der Waals surface area (Å²) in [4.78, 5) is 3.81. The lowest BCUT2D eigenvalue weighted by Gasteiger charge is -2.47. The number of rotatable bonds is 10. The summed E-state index contributed by atoms with van der Waals surface area (Å²) in [7, 11) is 1.84. The largest absolute Gasteiger partial charge is 0.489 e. The van der Waals surface area contributed by atoms with Crippen LogP contribution in [0.1, 0.15) is 42.5 Å². The third-order valence-electron chi connectivity index (χ3n) is 7.79. The van der Waals surface area contributed by atoms with Gasteiger partial charge in [0.15, 0.2) is 17.2 Å². The van der Waals surface area contributed by atoms with Gasteiger partial charge in [0.05, 0.1) is 25.9 Å². The Balaban J connectivity index is 1.49. The van der Waals surface area contributed by atoms with Gasteiger partial charge in [-0.2, -0.15) is 0 Å². The van der Waals surface area contributed by atoms with Crippen molar-refractivity contribution in [3.8, 4) is 5.75 Å². The van der Waals surface area contributed by atoms with E-state index in [1.165, 1.54) is 12.1 Å². The molecule has 4 nitrogen and oxygen atoms in total. The van der Waals surface area contributed by atoms with E-state index >= 15 is 13.2 Å². The third-order valence-corrected chi connectivity index (χ3v) is 7.79. The number of hydrogen-bond donors (Lipinski definition) is 0. The summed E-state index contributed by atoms with van der Waals surface area (Å²) in [6.07, 6.45) is 1.67. The molecule has 0 aromatic heterocycles. The number of likely N-dealkylation sites (N-methyl/N-ethyl adjacent to an activating group) is 1. The molecule has 1 aliphatic carbocycles. The monoisotopic (exact) mass is 518 g/mol. The van der Waals surface area contributed by atoms with Crippen LogP contribution in [0.15, 0.2) is 42.0 Å². The molecule has 0 spiro atoms. The minimum atomic E-state index is -1.54. The van der Waals surface area contributed by atoms with E-state index in [9.17, 15) is 4.39 Å². The lowest BCUT2D eigenvalue weighted by Crippen LogP contribution is -2.57. The molecule has 1 saturated heterocycles. The van der Waals surface area contributed by atoms with Gasteiger partial charge in [0, 0.05) is 31.2 Å². The van der Waals surface area contributed by atoms with Crippen LogP contribution >= 0.6 is 0 Å². The maximum absolute atomic E-state index is 16.1. The maximum atomic E-state index is 16.1. The average Bonchev–Trinajstić information content (AvgIpc) is 3.22. The molecule has 0 saturated carbocycles. The van der Waals surface area contributed by atoms with Gasteiger partial charge in [0.1, 0.15) is 12.4 Å². The van der Waals surface area contributed by atoms with E-state index in [2.05, 4.69) is 6.07 Å². The van der Waals surface area contributed by atoms with Gasteiger partial charge >= 0.3 is 0 Å². The smallest absolute Gasteiger partial charge is 0.173 e. The topological polar surface area (TPSA) is 24.9 Å². The van der Waals surface area contributed by atoms with Crippen molar-refractivity contribution < 1.29 is 27.0 Å². The molecule has 0 unspecified atom stereocenters. The fourth-order valence-corrected chi connectivity index (χ4v) is 5.82. The molecule has 37 heavy (non-hydrogen) atoms. The molecule has 2 aliphatic heterocycles. The van der Waals surface area contributed by atoms with Crippen LogP contribution in [0.2, 0.25) is 0 Å². The molecule has 5 rings (SSSR count). The van der Waals surface area contributed by atoms with Gasteiger partial charge in [-0.25, -0.2) is 13.2 Å². The number of fused-ring (bicyclic) bond motifs is 2. The molecule has 2 heterocycles. The lowest BCUT2D eigenvalue weighted by atomic mass is 9.83. The lowest BCUT2D eigenvalue weighted by molar-refractivity contribution is -0.147. The second-order valence-electron chi connectivity index (χ2n) is 10.6. The summed E-state index contributed by atoms with van der Waals surface area (Å²) in [5.74, 6) is -1.46. The predicted octanol–water partition coefficient (Wildman–Crippen LogP) is 5.52. The zero-order chi connectivity index (χ0) is 26.2. The van der Waals surface area contributed by atoms with Gasteiger partial charge in [0.25, 0.3) is 0 Å². The molecule has 2 atom stereocenters. The Kier molecular flexibility index (Phi) is 7.61. The second-order valence-corrected chi connectivity index (χ2v) is 10.6. The van der Waals surface area contributed by atoms with Crippen molar-refractivity contribution in [3.63, 3.8) is 0 Å². The first-order chi connectivity index (χ1) is 17.8. The molecule has 1 fully saturated rings. The highest BCUT2D eigenvalue weighted by molar-refractivity contribution is 5.79. The summed E-state index contributed by atoms with van der Waals surface area (Å²) in [6.45, 7) is 2.83. The molecule has 2 aromatic carbocycles. The van der Waals surface area contributed by atoms with Gasteiger partial charge < -0.3 is 14.4 Å². The number of nitrogens with zero attached hydrogens (tertiary/aromatic N) is 2. The zero-order valence-electron chi connectivity index (χ0n) is 21.4. The summed E-state index contributed by atoms with van der Waals surface area (Å²) in [5.41, 5.74) is 2.62. The van der Waals surface area contributed by atoms with Crippen molar-refractivity contribution >= 4 is 5.57 Å². The van der Waals surface area contributed by atoms with Gasteiger partial charge in [0.2, 0.25) is 0 Å². The van der Waals surface area contributed by atoms with Crippen LogP contribution < -0.4 is 4.74 Å². The zero-order valence-corrected chi connectivity index (χ0v) is 21.4. The van der Waals surface area contributed by atoms with E-state index in [4.69, 9.17) is 9.47 Å². The van der Waals surface area contributed by atoms with Crippen LogP contribution in [0.3, 0.4) is 0 Å². The molecule has 3 aliphatic rings. The van der Waals surface area contributed by atoms with Crippen LogP contribution in [0.5, 0.6) is 5.75 Å². The van der Waals surface area contributed by atoms with Crippen LogP contribution in [0, 0.1) is 11.6 Å². The first kappa shape index (κ1) is 26.2. The number of alkyl halides is 2. The first-order valence-electron chi connectivity index (χ1n) is 13.0. The number of hydrogen-bond acceptors (Lipinski definition) is 4. The first-order valence-corrected chi connectivity index (χ1v) is 13.0. The minimum absolute atomic E-state index is 0.0148. The maximum Gasteiger partial charge on any atom is 0.173 e. The molecule has 0 N–H and O–H groups in total. The van der Waals surface area contributed by atoms with Crippen LogP contribution in [-0.2, 0) is 11.2 Å². The Morgan fingerprint density at radius 3 is 2.65 bits per heavy atom. The van der Waals surface area contributed by atoms with E-state index < -0.39 is 30.0 Å². The van der Waals surface area contributed by atoms with E-state index in [1.807, 2.05) is 42.0 Å². The van der Waals surface area contributed by atoms with Crippen molar-refractivity contribution in [1.29, 1.82) is 0 Å². The molecule has 0 bridgehead atoms. The highest BCUT2D eigenvalue weighted by Gasteiger charge is 2.47. The Morgan fingerprint density at radius 1 is 1.14 bits per heavy atom. The SMILES string of the molecule is C[C@@H]1CC2=C(Cc3ccccc32)[C@@H](c2c(F)ccc(OCCN(C)CCCF)c2F)N1CC1(F)COC1. The molecular formula is C29H34F4N2O2. The Bertz CT molecular complexity index is 1170. The van der Waals surface area contributed by atoms with Crippen molar-refractivity contribution in [2.45, 2.75) is 43.9 Å². The summed E-state index contributed by atoms with van der Waals surface area (Å²) < 4.78 is 70.2. The van der Waals surface area contributed by atoms with E-state index in [1.54, 1.807) is 0 Å². The highest BCUT2D eigenvalue weighted by Crippen LogP contribution is 2.50. The van der Waals surface area contributed by atoms with E-state index in [-0.39, 0.29) is 43.7 Å². The molecule has 8 heteroatoms. The summed E-state index contributed by atoms with van der Waals surface area (Å²) >= 11 is 0. The third kappa shape index (κ3) is 5.16. The molecule has 200 valence electrons. The quantitative estimate of drug-likeness (QED) is 0.387. The Morgan fingerprint density at radius 2 is 1.92 bits per heavy atom. The van der Waals surface area contributed by atoms with Crippen molar-refractivity contribution in [2.24, 2.45) is 0 Å². The fraction of sp³-hybridized carbons (Fsp3) is 0.517. The van der Waals surface area contributed by atoms with Crippen LogP contribution in [-0.4, -0.2) is 74.7 Å². The van der Waals surface area contributed by atoms with Crippen LogP contribution in [0.4, 0.5) is 17.6 Å². The van der Waals surface area contributed by atoms with E-state index in [0.717, 1.165) is 22.3 Å². The van der Waals surface area contributed by atoms with E-state index in [0.29, 0.717) is 32.4 Å². The molecular weight excluding hydrogens is 484 g/mol. The van der Waals surface area contributed by atoms with Crippen molar-refractivity contribution in [1.82, 2.24) is 9.80 Å². The van der Waals surface area contributed by atoms with Gasteiger partial charge in [-0.3, -0.25) is 9.29 Å². The highest BCUT2D eigenvalue weighted by atomic mass is 19.1.